The monoisotopic (exact) mass is 171 g/mol. The van der Waals surface area contributed by atoms with Gasteiger partial charge in [0.2, 0.25) is 0 Å². The Morgan fingerprint density at radius 3 is 2.67 bits per heavy atom. The van der Waals surface area contributed by atoms with Crippen LogP contribution in [0.3, 0.4) is 0 Å². The average molecular weight is 171 g/mol. The van der Waals surface area contributed by atoms with Crippen molar-refractivity contribution in [3.63, 3.8) is 0 Å². The fraction of sp³-hybridized carbons (Fsp3) is 0.800. The van der Waals surface area contributed by atoms with Crippen molar-refractivity contribution >= 4 is 0 Å². The second-order valence-electron chi connectivity index (χ2n) is 3.67. The lowest BCUT2D eigenvalue weighted by atomic mass is 10.1. The Morgan fingerprint density at radius 1 is 1.50 bits per heavy atom. The molecular weight excluding hydrogens is 150 g/mol. The molecule has 0 aliphatic heterocycles. The van der Waals surface area contributed by atoms with E-state index < -0.39 is 0 Å². The maximum atomic E-state index is 5.08. The molecule has 0 fully saturated rings. The van der Waals surface area contributed by atoms with Crippen LogP contribution in [0.2, 0.25) is 0 Å². The quantitative estimate of drug-likeness (QED) is 0.467. The van der Waals surface area contributed by atoms with E-state index in [1.54, 1.807) is 7.11 Å². The predicted octanol–water partition coefficient (Wildman–Crippen LogP) is 1.97. The van der Waals surface area contributed by atoms with E-state index in [1.807, 2.05) is 6.08 Å². The van der Waals surface area contributed by atoms with E-state index in [4.69, 9.17) is 4.74 Å². The number of allylic oxidation sites excluding steroid dienone is 1. The van der Waals surface area contributed by atoms with Gasteiger partial charge in [0.1, 0.15) is 0 Å². The summed E-state index contributed by atoms with van der Waals surface area (Å²) in [6.45, 7) is 9.75. The molecule has 0 saturated heterocycles. The van der Waals surface area contributed by atoms with Crippen molar-refractivity contribution < 1.29 is 4.74 Å². The molecule has 0 radical (unpaired) electrons. The van der Waals surface area contributed by atoms with Crippen molar-refractivity contribution in [2.75, 3.05) is 20.3 Å². The normalized spacial score (nSPS) is 11.6. The molecule has 0 aliphatic rings. The number of nitrogens with one attached hydrogen (secondary N) is 1. The van der Waals surface area contributed by atoms with Crippen molar-refractivity contribution in [2.24, 2.45) is 0 Å². The van der Waals surface area contributed by atoms with Crippen LogP contribution in [0.5, 0.6) is 0 Å². The number of rotatable bonds is 7. The molecule has 0 bridgehead atoms. The summed E-state index contributed by atoms with van der Waals surface area (Å²) in [5, 5.41) is 3.42. The first-order valence-corrected chi connectivity index (χ1v) is 4.47. The maximum absolute atomic E-state index is 5.08. The Kier molecular flexibility index (Phi) is 6.03. The lowest BCUT2D eigenvalue weighted by Crippen LogP contribution is -2.43. The lowest BCUT2D eigenvalue weighted by Gasteiger charge is -2.25. The Bertz CT molecular complexity index is 121. The van der Waals surface area contributed by atoms with Gasteiger partial charge in [-0.05, 0) is 33.2 Å². The van der Waals surface area contributed by atoms with Crippen LogP contribution in [0.4, 0.5) is 0 Å². The summed E-state index contributed by atoms with van der Waals surface area (Å²) in [5.74, 6) is 0. The molecule has 0 rings (SSSR count). The van der Waals surface area contributed by atoms with E-state index in [2.05, 4.69) is 25.7 Å². The Morgan fingerprint density at radius 2 is 2.17 bits per heavy atom. The molecule has 0 spiro atoms. The van der Waals surface area contributed by atoms with Crippen LogP contribution in [0.25, 0.3) is 0 Å². The van der Waals surface area contributed by atoms with E-state index >= 15 is 0 Å². The number of unbranched alkanes of at least 4 members (excludes halogenated alkanes) is 1. The van der Waals surface area contributed by atoms with Crippen LogP contribution in [-0.4, -0.2) is 25.8 Å². The number of ether oxygens (including phenoxy) is 1. The van der Waals surface area contributed by atoms with Crippen molar-refractivity contribution in [3.8, 4) is 0 Å². The SMILES string of the molecule is C=CCCCNC(C)(C)COC. The van der Waals surface area contributed by atoms with Gasteiger partial charge >= 0.3 is 0 Å². The number of hydrogen-bond donors (Lipinski definition) is 1. The summed E-state index contributed by atoms with van der Waals surface area (Å²) in [4.78, 5) is 0. The average Bonchev–Trinajstić information content (AvgIpc) is 1.98. The Balaban J connectivity index is 3.39. The van der Waals surface area contributed by atoms with Crippen molar-refractivity contribution in [3.05, 3.63) is 12.7 Å². The highest BCUT2D eigenvalue weighted by Gasteiger charge is 2.14. The van der Waals surface area contributed by atoms with E-state index in [0.717, 1.165) is 26.0 Å². The molecule has 0 amide bonds. The minimum Gasteiger partial charge on any atom is -0.383 e. The van der Waals surface area contributed by atoms with Crippen LogP contribution >= 0.6 is 0 Å². The molecular formula is C10H21NO. The van der Waals surface area contributed by atoms with Crippen molar-refractivity contribution in [1.29, 1.82) is 0 Å². The summed E-state index contributed by atoms with van der Waals surface area (Å²) in [6, 6.07) is 0. The minimum absolute atomic E-state index is 0.0932. The highest BCUT2D eigenvalue weighted by Crippen LogP contribution is 2.02. The van der Waals surface area contributed by atoms with Crippen LogP contribution < -0.4 is 5.32 Å². The summed E-state index contributed by atoms with van der Waals surface area (Å²) in [5.41, 5.74) is 0.0932. The summed E-state index contributed by atoms with van der Waals surface area (Å²) >= 11 is 0. The molecule has 0 atom stereocenters. The van der Waals surface area contributed by atoms with Crippen LogP contribution in [0.1, 0.15) is 26.7 Å². The second-order valence-corrected chi connectivity index (χ2v) is 3.67. The molecule has 0 heterocycles. The maximum Gasteiger partial charge on any atom is 0.0639 e. The predicted molar refractivity (Wildman–Crippen MR) is 53.4 cm³/mol. The fourth-order valence-corrected chi connectivity index (χ4v) is 1.09. The van der Waals surface area contributed by atoms with Crippen LogP contribution in [0.15, 0.2) is 12.7 Å². The first-order chi connectivity index (χ1) is 5.62. The molecule has 72 valence electrons. The van der Waals surface area contributed by atoms with Gasteiger partial charge in [0.05, 0.1) is 6.61 Å². The molecule has 0 unspecified atom stereocenters. The zero-order valence-corrected chi connectivity index (χ0v) is 8.52. The highest BCUT2D eigenvalue weighted by atomic mass is 16.5. The molecule has 2 heteroatoms. The molecule has 2 nitrogen and oxygen atoms in total. The van der Waals surface area contributed by atoms with Crippen molar-refractivity contribution in [1.82, 2.24) is 5.32 Å². The van der Waals surface area contributed by atoms with Crippen LogP contribution in [-0.2, 0) is 4.74 Å². The topological polar surface area (TPSA) is 21.3 Å². The summed E-state index contributed by atoms with van der Waals surface area (Å²) in [6.07, 6.45) is 4.18. The molecule has 0 aromatic carbocycles. The smallest absolute Gasteiger partial charge is 0.0639 e. The van der Waals surface area contributed by atoms with Gasteiger partial charge in [0.25, 0.3) is 0 Å². The van der Waals surface area contributed by atoms with Gasteiger partial charge in [0, 0.05) is 12.6 Å². The van der Waals surface area contributed by atoms with Gasteiger partial charge in [-0.3, -0.25) is 0 Å². The number of hydrogen-bond acceptors (Lipinski definition) is 2. The molecule has 12 heavy (non-hydrogen) atoms. The van der Waals surface area contributed by atoms with E-state index in [9.17, 15) is 0 Å². The molecule has 0 aromatic heterocycles. The summed E-state index contributed by atoms with van der Waals surface area (Å²) < 4.78 is 5.08. The van der Waals surface area contributed by atoms with Gasteiger partial charge in [-0.2, -0.15) is 0 Å². The fourth-order valence-electron chi connectivity index (χ4n) is 1.09. The largest absolute Gasteiger partial charge is 0.383 e. The van der Waals surface area contributed by atoms with Crippen LogP contribution in [0, 0.1) is 0 Å². The number of methoxy groups -OCH3 is 1. The zero-order chi connectivity index (χ0) is 9.45. The van der Waals surface area contributed by atoms with E-state index in [0.29, 0.717) is 0 Å². The van der Waals surface area contributed by atoms with Gasteiger partial charge < -0.3 is 10.1 Å². The van der Waals surface area contributed by atoms with E-state index in [1.165, 1.54) is 0 Å². The second kappa shape index (κ2) is 6.21. The summed E-state index contributed by atoms with van der Waals surface area (Å²) in [7, 11) is 1.73. The third-order valence-corrected chi connectivity index (χ3v) is 1.69. The third kappa shape index (κ3) is 6.38. The molecule has 1 N–H and O–H groups in total. The Labute approximate surface area is 76.0 Å². The van der Waals surface area contributed by atoms with Crippen molar-refractivity contribution in [2.45, 2.75) is 32.2 Å². The highest BCUT2D eigenvalue weighted by molar-refractivity contribution is 4.77. The first kappa shape index (κ1) is 11.7. The molecule has 0 aromatic rings. The third-order valence-electron chi connectivity index (χ3n) is 1.69. The zero-order valence-electron chi connectivity index (χ0n) is 8.52. The van der Waals surface area contributed by atoms with Gasteiger partial charge in [-0.15, -0.1) is 6.58 Å². The standard InChI is InChI=1S/C10H21NO/c1-5-6-7-8-11-10(2,3)9-12-4/h5,11H,1,6-9H2,2-4H3. The van der Waals surface area contributed by atoms with Gasteiger partial charge in [-0.25, -0.2) is 0 Å². The van der Waals surface area contributed by atoms with Gasteiger partial charge in [0.15, 0.2) is 0 Å². The minimum atomic E-state index is 0.0932. The van der Waals surface area contributed by atoms with Gasteiger partial charge in [-0.1, -0.05) is 6.08 Å². The first-order valence-electron chi connectivity index (χ1n) is 4.47. The Hall–Kier alpha value is -0.340. The molecule has 0 saturated carbocycles. The molecule has 0 aliphatic carbocycles. The lowest BCUT2D eigenvalue weighted by molar-refractivity contribution is 0.129. The van der Waals surface area contributed by atoms with E-state index in [-0.39, 0.29) is 5.54 Å².